The van der Waals surface area contributed by atoms with E-state index in [9.17, 15) is 9.90 Å². The lowest BCUT2D eigenvalue weighted by Crippen LogP contribution is -2.41. The molecule has 0 aliphatic carbocycles. The zero-order chi connectivity index (χ0) is 17.3. The Hall–Kier alpha value is -1.07. The van der Waals surface area contributed by atoms with Gasteiger partial charge in [0.25, 0.3) is 0 Å². The summed E-state index contributed by atoms with van der Waals surface area (Å²) < 4.78 is 0. The van der Waals surface area contributed by atoms with Crippen molar-refractivity contribution in [1.82, 2.24) is 4.90 Å². The molecule has 6 heteroatoms. The zero-order valence-corrected chi connectivity index (χ0v) is 15.7. The molecule has 2 heterocycles. The summed E-state index contributed by atoms with van der Waals surface area (Å²) >= 11 is 14.4. The lowest BCUT2D eigenvalue weighted by molar-refractivity contribution is -0.143. The molecule has 3 nitrogen and oxygen atoms in total. The van der Waals surface area contributed by atoms with Gasteiger partial charge in [-0.3, -0.25) is 9.69 Å². The first-order valence-electron chi connectivity index (χ1n) is 7.94. The van der Waals surface area contributed by atoms with Crippen LogP contribution in [-0.2, 0) is 4.79 Å². The lowest BCUT2D eigenvalue weighted by atomic mass is 9.94. The van der Waals surface area contributed by atoms with Crippen molar-refractivity contribution < 1.29 is 9.90 Å². The largest absolute Gasteiger partial charge is 0.481 e. The number of hydrogen-bond donors (Lipinski definition) is 1. The van der Waals surface area contributed by atoms with Crippen LogP contribution in [0, 0.1) is 12.8 Å². The Balaban J connectivity index is 2.02. The number of halogens is 2. The molecular formula is C18H19Cl2NO2S. The number of rotatable bonds is 4. The first kappa shape index (κ1) is 17.7. The van der Waals surface area contributed by atoms with Crippen molar-refractivity contribution in [2.45, 2.75) is 25.8 Å². The molecule has 2 unspecified atom stereocenters. The fraction of sp³-hybridized carbons (Fsp3) is 0.389. The van der Waals surface area contributed by atoms with Crippen molar-refractivity contribution in [3.05, 3.63) is 55.7 Å². The van der Waals surface area contributed by atoms with E-state index in [0.717, 1.165) is 24.9 Å². The zero-order valence-electron chi connectivity index (χ0n) is 13.3. The number of aryl methyl sites for hydroxylation is 1. The smallest absolute Gasteiger partial charge is 0.307 e. The third kappa shape index (κ3) is 3.62. The number of thiophene rings is 1. The van der Waals surface area contributed by atoms with E-state index in [1.165, 1.54) is 9.75 Å². The van der Waals surface area contributed by atoms with Crippen LogP contribution in [0.15, 0.2) is 30.3 Å². The van der Waals surface area contributed by atoms with Gasteiger partial charge in [-0.15, -0.1) is 11.3 Å². The summed E-state index contributed by atoms with van der Waals surface area (Å²) in [6.45, 7) is 3.45. The average Bonchev–Trinajstić information content (AvgIpc) is 2.98. The maximum Gasteiger partial charge on any atom is 0.307 e. The van der Waals surface area contributed by atoms with Crippen molar-refractivity contribution in [3.8, 4) is 0 Å². The number of likely N-dealkylation sites (tertiary alicyclic amines) is 1. The van der Waals surface area contributed by atoms with Crippen LogP contribution in [0.5, 0.6) is 0 Å². The number of carboxylic acids is 1. The quantitative estimate of drug-likeness (QED) is 0.783. The van der Waals surface area contributed by atoms with Crippen molar-refractivity contribution in [3.63, 3.8) is 0 Å². The SMILES string of the molecule is Cc1ccc(C(c2cccc(Cl)c2Cl)N2CCCC(C(=O)O)C2)s1. The van der Waals surface area contributed by atoms with Gasteiger partial charge in [0.05, 0.1) is 22.0 Å². The number of carboxylic acid groups (broad SMARTS) is 1. The number of carbonyl (C=O) groups is 1. The minimum absolute atomic E-state index is 0.0583. The highest BCUT2D eigenvalue weighted by atomic mass is 35.5. The van der Waals surface area contributed by atoms with Crippen LogP contribution in [0.1, 0.15) is 34.2 Å². The summed E-state index contributed by atoms with van der Waals surface area (Å²) in [4.78, 5) is 16.1. The standard InChI is InChI=1S/C18H19Cl2NO2S/c1-11-7-8-15(24-11)17(13-5-2-6-14(19)16(13)20)21-9-3-4-12(10-21)18(22)23/h2,5-8,12,17H,3-4,9-10H2,1H3,(H,22,23). The van der Waals surface area contributed by atoms with E-state index in [2.05, 4.69) is 24.0 Å². The summed E-state index contributed by atoms with van der Waals surface area (Å²) in [6, 6.07) is 9.79. The van der Waals surface area contributed by atoms with E-state index < -0.39 is 5.97 Å². The molecule has 0 bridgehead atoms. The summed E-state index contributed by atoms with van der Waals surface area (Å²) in [5.74, 6) is -1.06. The average molecular weight is 384 g/mol. The second-order valence-corrected chi connectivity index (χ2v) is 8.27. The summed E-state index contributed by atoms with van der Waals surface area (Å²) in [6.07, 6.45) is 1.60. The second-order valence-electron chi connectivity index (χ2n) is 6.17. The van der Waals surface area contributed by atoms with Gasteiger partial charge >= 0.3 is 5.97 Å². The fourth-order valence-electron chi connectivity index (χ4n) is 3.30. The van der Waals surface area contributed by atoms with Crippen LogP contribution in [0.4, 0.5) is 0 Å². The van der Waals surface area contributed by atoms with Crippen molar-refractivity contribution in [1.29, 1.82) is 0 Å². The molecule has 0 amide bonds. The molecule has 128 valence electrons. The number of benzene rings is 1. The first-order valence-corrected chi connectivity index (χ1v) is 9.51. The third-order valence-corrected chi connectivity index (χ3v) is 6.36. The van der Waals surface area contributed by atoms with Crippen LogP contribution < -0.4 is 0 Å². The van der Waals surface area contributed by atoms with Gasteiger partial charge in [0, 0.05) is 16.3 Å². The molecule has 1 aromatic heterocycles. The summed E-state index contributed by atoms with van der Waals surface area (Å²) in [5.41, 5.74) is 0.942. The predicted molar refractivity (Wildman–Crippen MR) is 99.3 cm³/mol. The molecule has 1 saturated heterocycles. The molecule has 1 fully saturated rings. The van der Waals surface area contributed by atoms with Crippen molar-refractivity contribution in [2.24, 2.45) is 5.92 Å². The van der Waals surface area contributed by atoms with Gasteiger partial charge in [-0.05, 0) is 50.1 Å². The Labute approximate surface area is 155 Å². The highest BCUT2D eigenvalue weighted by Crippen LogP contribution is 2.40. The predicted octanol–water partition coefficient (Wildman–Crippen LogP) is 5.25. The molecule has 0 saturated carbocycles. The van der Waals surface area contributed by atoms with Gasteiger partial charge in [0.2, 0.25) is 0 Å². The third-order valence-electron chi connectivity index (χ3n) is 4.47. The molecule has 3 rings (SSSR count). The molecule has 1 N–H and O–H groups in total. The summed E-state index contributed by atoms with van der Waals surface area (Å²) in [7, 11) is 0. The highest BCUT2D eigenvalue weighted by Gasteiger charge is 2.33. The molecule has 1 aromatic carbocycles. The maximum absolute atomic E-state index is 11.4. The monoisotopic (exact) mass is 383 g/mol. The van der Waals surface area contributed by atoms with Crippen LogP contribution >= 0.6 is 34.5 Å². The van der Waals surface area contributed by atoms with E-state index in [4.69, 9.17) is 23.2 Å². The minimum Gasteiger partial charge on any atom is -0.481 e. The number of piperidine rings is 1. The Kier molecular flexibility index (Phi) is 5.50. The highest BCUT2D eigenvalue weighted by molar-refractivity contribution is 7.12. The molecule has 1 aliphatic rings. The van der Waals surface area contributed by atoms with Crippen LogP contribution in [0.2, 0.25) is 10.0 Å². The molecule has 0 spiro atoms. The molecule has 2 atom stereocenters. The van der Waals surface area contributed by atoms with Gasteiger partial charge in [-0.1, -0.05) is 35.3 Å². The van der Waals surface area contributed by atoms with Gasteiger partial charge in [-0.2, -0.15) is 0 Å². The first-order chi connectivity index (χ1) is 11.5. The lowest BCUT2D eigenvalue weighted by Gasteiger charge is -2.37. The van der Waals surface area contributed by atoms with Crippen molar-refractivity contribution >= 4 is 40.5 Å². The number of nitrogens with zero attached hydrogens (tertiary/aromatic N) is 1. The number of aliphatic carboxylic acids is 1. The molecule has 0 radical (unpaired) electrons. The number of hydrogen-bond acceptors (Lipinski definition) is 3. The van der Waals surface area contributed by atoms with Crippen LogP contribution in [0.25, 0.3) is 0 Å². The van der Waals surface area contributed by atoms with Crippen LogP contribution in [0.3, 0.4) is 0 Å². The van der Waals surface area contributed by atoms with E-state index in [0.29, 0.717) is 16.6 Å². The van der Waals surface area contributed by atoms with E-state index in [1.54, 1.807) is 17.4 Å². The topological polar surface area (TPSA) is 40.5 Å². The second kappa shape index (κ2) is 7.44. The van der Waals surface area contributed by atoms with Gasteiger partial charge < -0.3 is 5.11 Å². The maximum atomic E-state index is 11.4. The minimum atomic E-state index is -0.724. The Morgan fingerprint density at radius 1 is 1.33 bits per heavy atom. The fourth-order valence-corrected chi connectivity index (χ4v) is 4.75. The Morgan fingerprint density at radius 2 is 2.12 bits per heavy atom. The molecular weight excluding hydrogens is 365 g/mol. The molecule has 1 aliphatic heterocycles. The Morgan fingerprint density at radius 3 is 2.79 bits per heavy atom. The normalized spacial score (nSPS) is 20.0. The van der Waals surface area contributed by atoms with E-state index in [-0.39, 0.29) is 12.0 Å². The van der Waals surface area contributed by atoms with E-state index in [1.807, 2.05) is 12.1 Å². The van der Waals surface area contributed by atoms with Gasteiger partial charge in [0.1, 0.15) is 0 Å². The van der Waals surface area contributed by atoms with E-state index >= 15 is 0 Å². The summed E-state index contributed by atoms with van der Waals surface area (Å²) in [5, 5.41) is 10.5. The van der Waals surface area contributed by atoms with Crippen molar-refractivity contribution in [2.75, 3.05) is 13.1 Å². The van der Waals surface area contributed by atoms with Gasteiger partial charge in [0.15, 0.2) is 0 Å². The molecule has 2 aromatic rings. The van der Waals surface area contributed by atoms with Crippen LogP contribution in [-0.4, -0.2) is 29.1 Å². The van der Waals surface area contributed by atoms with Gasteiger partial charge in [-0.25, -0.2) is 0 Å². The Bertz CT molecular complexity index is 746. The molecule has 24 heavy (non-hydrogen) atoms.